The molecule has 0 atom stereocenters. The summed E-state index contributed by atoms with van der Waals surface area (Å²) >= 11 is 0.906. The fourth-order valence-corrected chi connectivity index (χ4v) is 6.36. The van der Waals surface area contributed by atoms with Crippen molar-refractivity contribution in [1.82, 2.24) is 0 Å². The number of thiophene rings is 1. The van der Waals surface area contributed by atoms with Crippen molar-refractivity contribution in [2.24, 2.45) is 0 Å². The Balaban J connectivity index is 2.05. The highest BCUT2D eigenvalue weighted by molar-refractivity contribution is 7.94. The zero-order valence-electron chi connectivity index (χ0n) is 11.8. The molecule has 0 amide bonds. The van der Waals surface area contributed by atoms with E-state index in [0.717, 1.165) is 11.3 Å². The highest BCUT2D eigenvalue weighted by Gasteiger charge is 2.24. The third-order valence-electron chi connectivity index (χ3n) is 3.23. The lowest BCUT2D eigenvalue weighted by Crippen LogP contribution is -2.01. The maximum absolute atomic E-state index is 12.5. The minimum atomic E-state index is -3.71. The maximum Gasteiger partial charge on any atom is 0.215 e. The first-order chi connectivity index (χ1) is 10.9. The second kappa shape index (κ2) is 5.92. The number of hydrogen-bond donors (Lipinski definition) is 0. The van der Waals surface area contributed by atoms with Crippen LogP contribution < -0.4 is 0 Å². The molecule has 0 aliphatic rings. The number of hydrogen-bond acceptors (Lipinski definition) is 5. The number of benzene rings is 2. The molecule has 2 aromatic carbocycles. The van der Waals surface area contributed by atoms with Crippen molar-refractivity contribution >= 4 is 31.0 Å². The van der Waals surface area contributed by atoms with Crippen molar-refractivity contribution in [3.8, 4) is 0 Å². The summed E-state index contributed by atoms with van der Waals surface area (Å²) in [6, 6.07) is 17.1. The first-order valence-electron chi connectivity index (χ1n) is 6.61. The van der Waals surface area contributed by atoms with Crippen molar-refractivity contribution in [3.05, 3.63) is 72.1 Å². The van der Waals surface area contributed by atoms with Gasteiger partial charge in [-0.2, -0.15) is 0 Å². The molecule has 0 saturated carbocycles. The van der Waals surface area contributed by atoms with Crippen LogP contribution in [0.2, 0.25) is 0 Å². The van der Waals surface area contributed by atoms with E-state index in [1.54, 1.807) is 36.4 Å². The van der Waals surface area contributed by atoms with E-state index in [0.29, 0.717) is 0 Å². The smallest absolute Gasteiger partial charge is 0.215 e. The van der Waals surface area contributed by atoms with Crippen LogP contribution in [0.15, 0.2) is 91.0 Å². The Kier molecular flexibility index (Phi) is 4.09. The minimum absolute atomic E-state index is 0.0109. The Morgan fingerprint density at radius 2 is 1.09 bits per heavy atom. The molecule has 0 radical (unpaired) electrons. The summed E-state index contributed by atoms with van der Waals surface area (Å²) in [6.45, 7) is 0. The molecule has 1 heterocycles. The van der Waals surface area contributed by atoms with Crippen molar-refractivity contribution in [2.75, 3.05) is 0 Å². The van der Waals surface area contributed by atoms with Crippen molar-refractivity contribution in [3.63, 3.8) is 0 Å². The van der Waals surface area contributed by atoms with Crippen LogP contribution in [0.3, 0.4) is 0 Å². The Bertz CT molecular complexity index is 935. The molecular formula is C16H12O4S3. The predicted molar refractivity (Wildman–Crippen MR) is 88.1 cm³/mol. The van der Waals surface area contributed by atoms with Gasteiger partial charge in [0.05, 0.1) is 14.7 Å². The lowest BCUT2D eigenvalue weighted by molar-refractivity contribution is 0.596. The second-order valence-corrected chi connectivity index (χ2v) is 9.77. The molecule has 0 fully saturated rings. The van der Waals surface area contributed by atoms with Crippen molar-refractivity contribution in [1.29, 1.82) is 0 Å². The van der Waals surface area contributed by atoms with Crippen molar-refractivity contribution in [2.45, 2.75) is 18.9 Å². The molecule has 0 spiro atoms. The normalized spacial score (nSPS) is 12.2. The molecule has 0 saturated heterocycles. The molecule has 1 aromatic heterocycles. The molecule has 0 aliphatic carbocycles. The summed E-state index contributed by atoms with van der Waals surface area (Å²) in [5, 5.41) is 1.36. The van der Waals surface area contributed by atoms with Crippen LogP contribution in [0, 0.1) is 0 Å². The summed E-state index contributed by atoms with van der Waals surface area (Å²) < 4.78 is 50.1. The van der Waals surface area contributed by atoms with Crippen LogP contribution >= 0.6 is 11.3 Å². The van der Waals surface area contributed by atoms with Gasteiger partial charge in [-0.05, 0) is 30.3 Å². The van der Waals surface area contributed by atoms with Crippen LogP contribution in [0.1, 0.15) is 0 Å². The van der Waals surface area contributed by atoms with Gasteiger partial charge in [0.25, 0.3) is 0 Å². The topological polar surface area (TPSA) is 68.3 Å². The molecule has 3 rings (SSSR count). The summed E-state index contributed by atoms with van der Waals surface area (Å²) in [4.78, 5) is 0.273. The van der Waals surface area contributed by atoms with Gasteiger partial charge in [-0.25, -0.2) is 16.8 Å². The fourth-order valence-electron chi connectivity index (χ4n) is 2.03. The predicted octanol–water partition coefficient (Wildman–Crippen LogP) is 3.41. The monoisotopic (exact) mass is 364 g/mol. The standard InChI is InChI=1S/C16H12O4S3/c17-22(18,13-7-3-1-4-8-13)15-11-16(21-12-15)23(19,20)14-9-5-2-6-10-14/h1-12H. The zero-order valence-corrected chi connectivity index (χ0v) is 14.2. The molecule has 23 heavy (non-hydrogen) atoms. The summed E-state index contributed by atoms with van der Waals surface area (Å²) in [5.74, 6) is 0. The van der Waals surface area contributed by atoms with E-state index >= 15 is 0 Å². The van der Waals surface area contributed by atoms with Gasteiger partial charge in [-0.1, -0.05) is 36.4 Å². The van der Waals surface area contributed by atoms with Crippen LogP contribution in [0.4, 0.5) is 0 Å². The van der Waals surface area contributed by atoms with E-state index in [1.165, 1.54) is 35.7 Å². The molecule has 0 N–H and O–H groups in total. The quantitative estimate of drug-likeness (QED) is 0.711. The van der Waals surface area contributed by atoms with Gasteiger partial charge in [-0.15, -0.1) is 11.3 Å². The van der Waals surface area contributed by atoms with Crippen LogP contribution in [0.25, 0.3) is 0 Å². The SMILES string of the molecule is O=S(=O)(c1ccccc1)c1csc(S(=O)(=O)c2ccccc2)c1. The van der Waals surface area contributed by atoms with Crippen molar-refractivity contribution < 1.29 is 16.8 Å². The highest BCUT2D eigenvalue weighted by atomic mass is 32.2. The molecule has 3 aromatic rings. The Hall–Kier alpha value is -1.96. The van der Waals surface area contributed by atoms with E-state index in [1.807, 2.05) is 0 Å². The van der Waals surface area contributed by atoms with E-state index < -0.39 is 19.7 Å². The molecule has 0 aliphatic heterocycles. The first-order valence-corrected chi connectivity index (χ1v) is 10.5. The summed E-state index contributed by atoms with van der Waals surface area (Å²) in [5.41, 5.74) is 0. The largest absolute Gasteiger partial charge is 0.218 e. The molecular weight excluding hydrogens is 352 g/mol. The summed E-state index contributed by atoms with van der Waals surface area (Å²) in [7, 11) is -7.42. The van der Waals surface area contributed by atoms with Crippen LogP contribution in [-0.4, -0.2) is 16.8 Å². The molecule has 4 nitrogen and oxygen atoms in total. The Morgan fingerprint density at radius 1 is 0.609 bits per heavy atom. The van der Waals surface area contributed by atoms with Gasteiger partial charge in [0.15, 0.2) is 0 Å². The molecule has 118 valence electrons. The highest BCUT2D eigenvalue weighted by Crippen LogP contribution is 2.31. The van der Waals surface area contributed by atoms with E-state index in [4.69, 9.17) is 0 Å². The van der Waals surface area contributed by atoms with Gasteiger partial charge in [0.2, 0.25) is 19.7 Å². The number of sulfone groups is 2. The average Bonchev–Trinajstić information content (AvgIpc) is 3.08. The van der Waals surface area contributed by atoms with E-state index in [9.17, 15) is 16.8 Å². The minimum Gasteiger partial charge on any atom is -0.218 e. The zero-order chi connectivity index (χ0) is 16.5. The van der Waals surface area contributed by atoms with Gasteiger partial charge in [0, 0.05) is 5.38 Å². The van der Waals surface area contributed by atoms with E-state index in [-0.39, 0.29) is 18.9 Å². The van der Waals surface area contributed by atoms with Gasteiger partial charge in [0.1, 0.15) is 4.21 Å². The number of rotatable bonds is 4. The molecule has 0 unspecified atom stereocenters. The van der Waals surface area contributed by atoms with Gasteiger partial charge >= 0.3 is 0 Å². The molecule has 0 bridgehead atoms. The first kappa shape index (κ1) is 15.9. The molecule has 7 heteroatoms. The van der Waals surface area contributed by atoms with Gasteiger partial charge in [-0.3, -0.25) is 0 Å². The lowest BCUT2D eigenvalue weighted by Gasteiger charge is -2.02. The van der Waals surface area contributed by atoms with Crippen LogP contribution in [-0.2, 0) is 19.7 Å². The fraction of sp³-hybridized carbons (Fsp3) is 0. The second-order valence-electron chi connectivity index (χ2n) is 4.73. The Labute approximate surface area is 138 Å². The third kappa shape index (κ3) is 2.95. The lowest BCUT2D eigenvalue weighted by atomic mass is 10.4. The third-order valence-corrected chi connectivity index (χ3v) is 8.34. The average molecular weight is 364 g/mol. The van der Waals surface area contributed by atoms with Gasteiger partial charge < -0.3 is 0 Å². The van der Waals surface area contributed by atoms with E-state index in [2.05, 4.69) is 0 Å². The maximum atomic E-state index is 12.5. The summed E-state index contributed by atoms with van der Waals surface area (Å²) in [6.07, 6.45) is 0. The van der Waals surface area contributed by atoms with Crippen LogP contribution in [0.5, 0.6) is 0 Å². The Morgan fingerprint density at radius 3 is 1.61 bits per heavy atom.